The fourth-order valence-corrected chi connectivity index (χ4v) is 3.26. The molecular weight excluding hydrogens is 343 g/mol. The van der Waals surface area contributed by atoms with Crippen LogP contribution in [0.4, 0.5) is 4.39 Å². The first kappa shape index (κ1) is 18.8. The number of carbonyl (C=O) groups excluding carboxylic acids is 1. The van der Waals surface area contributed by atoms with E-state index in [1.165, 1.54) is 12.1 Å². The second-order valence-electron chi connectivity index (χ2n) is 5.28. The van der Waals surface area contributed by atoms with Crippen LogP contribution in [0.25, 0.3) is 0 Å². The number of sulfonamides is 1. The zero-order valence-electron chi connectivity index (χ0n) is 13.5. The first-order valence-electron chi connectivity index (χ1n) is 7.66. The van der Waals surface area contributed by atoms with Crippen molar-refractivity contribution in [2.75, 3.05) is 13.1 Å². The Labute approximate surface area is 146 Å². The van der Waals surface area contributed by atoms with Crippen molar-refractivity contribution in [1.82, 2.24) is 10.0 Å². The van der Waals surface area contributed by atoms with Crippen LogP contribution >= 0.6 is 0 Å². The number of hydrogen-bond donors (Lipinski definition) is 2. The molecule has 25 heavy (non-hydrogen) atoms. The molecule has 2 aromatic rings. The third-order valence-corrected chi connectivity index (χ3v) is 4.88. The predicted octanol–water partition coefficient (Wildman–Crippen LogP) is 2.26. The largest absolute Gasteiger partial charge is 0.352 e. The Morgan fingerprint density at radius 2 is 1.88 bits per heavy atom. The molecule has 132 valence electrons. The van der Waals surface area contributed by atoms with Gasteiger partial charge in [0.25, 0.3) is 5.91 Å². The minimum absolute atomic E-state index is 0.0325. The van der Waals surface area contributed by atoms with Crippen LogP contribution < -0.4 is 10.0 Å². The highest BCUT2D eigenvalue weighted by Crippen LogP contribution is 2.16. The van der Waals surface area contributed by atoms with Crippen molar-refractivity contribution in [2.45, 2.75) is 11.3 Å². The molecule has 1 amide bonds. The topological polar surface area (TPSA) is 75.3 Å². The second kappa shape index (κ2) is 8.55. The standard InChI is InChI=1S/C18H19FN2O3S/c1-2-11-21-25(23,24)17-13-15(8-9-16(17)19)18(22)20-12-10-14-6-4-3-5-7-14/h2-9,13,21H,1,10-12H2,(H,20,22). The van der Waals surface area contributed by atoms with Gasteiger partial charge in [0, 0.05) is 18.7 Å². The van der Waals surface area contributed by atoms with Crippen molar-refractivity contribution < 1.29 is 17.6 Å². The Kier molecular flexibility index (Phi) is 6.44. The van der Waals surface area contributed by atoms with Crippen LogP contribution in [0.5, 0.6) is 0 Å². The van der Waals surface area contributed by atoms with Crippen LogP contribution in [0.1, 0.15) is 15.9 Å². The predicted molar refractivity (Wildman–Crippen MR) is 94.3 cm³/mol. The molecule has 2 N–H and O–H groups in total. The molecule has 0 radical (unpaired) electrons. The SMILES string of the molecule is C=CCNS(=O)(=O)c1cc(C(=O)NCCc2ccccc2)ccc1F. The number of rotatable bonds is 8. The Bertz CT molecular complexity index is 852. The van der Waals surface area contributed by atoms with E-state index in [4.69, 9.17) is 0 Å². The highest BCUT2D eigenvalue weighted by Gasteiger charge is 2.20. The molecule has 0 spiro atoms. The van der Waals surface area contributed by atoms with Gasteiger partial charge in [-0.05, 0) is 30.2 Å². The third kappa shape index (κ3) is 5.23. The summed E-state index contributed by atoms with van der Waals surface area (Å²) in [5, 5.41) is 2.70. The number of amides is 1. The number of carbonyl (C=O) groups is 1. The van der Waals surface area contributed by atoms with Crippen LogP contribution in [0.3, 0.4) is 0 Å². The van der Waals surface area contributed by atoms with Gasteiger partial charge in [0.05, 0.1) is 0 Å². The summed E-state index contributed by atoms with van der Waals surface area (Å²) >= 11 is 0. The number of benzene rings is 2. The van der Waals surface area contributed by atoms with E-state index in [0.29, 0.717) is 13.0 Å². The summed E-state index contributed by atoms with van der Waals surface area (Å²) in [6, 6.07) is 12.9. The molecule has 0 heterocycles. The van der Waals surface area contributed by atoms with Crippen molar-refractivity contribution in [2.24, 2.45) is 0 Å². The lowest BCUT2D eigenvalue weighted by Gasteiger charge is -2.09. The van der Waals surface area contributed by atoms with Crippen molar-refractivity contribution >= 4 is 15.9 Å². The Morgan fingerprint density at radius 3 is 2.56 bits per heavy atom. The summed E-state index contributed by atoms with van der Waals surface area (Å²) in [5.41, 5.74) is 1.15. The number of hydrogen-bond acceptors (Lipinski definition) is 3. The maximum Gasteiger partial charge on any atom is 0.251 e. The van der Waals surface area contributed by atoms with Crippen LogP contribution in [-0.4, -0.2) is 27.4 Å². The van der Waals surface area contributed by atoms with Gasteiger partial charge in [-0.1, -0.05) is 36.4 Å². The monoisotopic (exact) mass is 362 g/mol. The molecule has 0 saturated heterocycles. The Morgan fingerprint density at radius 1 is 1.16 bits per heavy atom. The van der Waals surface area contributed by atoms with Gasteiger partial charge in [-0.2, -0.15) is 0 Å². The van der Waals surface area contributed by atoms with Gasteiger partial charge in [-0.15, -0.1) is 6.58 Å². The summed E-state index contributed by atoms with van der Waals surface area (Å²) in [6.07, 6.45) is 1.98. The molecule has 0 aliphatic heterocycles. The first-order chi connectivity index (χ1) is 11.9. The summed E-state index contributed by atoms with van der Waals surface area (Å²) < 4.78 is 40.1. The lowest BCUT2D eigenvalue weighted by atomic mass is 10.1. The molecule has 0 unspecified atom stereocenters. The normalized spacial score (nSPS) is 11.1. The maximum absolute atomic E-state index is 13.9. The van der Waals surface area contributed by atoms with Gasteiger partial charge in [0.1, 0.15) is 10.7 Å². The minimum Gasteiger partial charge on any atom is -0.352 e. The van der Waals surface area contributed by atoms with E-state index in [1.54, 1.807) is 0 Å². The lowest BCUT2D eigenvalue weighted by molar-refractivity contribution is 0.0954. The van der Waals surface area contributed by atoms with Gasteiger partial charge < -0.3 is 5.32 Å². The molecule has 0 saturated carbocycles. The molecule has 7 heteroatoms. The smallest absolute Gasteiger partial charge is 0.251 e. The summed E-state index contributed by atoms with van der Waals surface area (Å²) in [4.78, 5) is 11.6. The second-order valence-corrected chi connectivity index (χ2v) is 7.01. The first-order valence-corrected chi connectivity index (χ1v) is 9.14. The average molecular weight is 362 g/mol. The maximum atomic E-state index is 13.9. The zero-order valence-corrected chi connectivity index (χ0v) is 14.4. The van der Waals surface area contributed by atoms with Crippen molar-refractivity contribution in [3.05, 3.63) is 78.1 Å². The summed E-state index contributed by atoms with van der Waals surface area (Å²) in [6.45, 7) is 3.75. The molecule has 2 aromatic carbocycles. The zero-order chi connectivity index (χ0) is 18.3. The van der Waals surface area contributed by atoms with Crippen LogP contribution in [-0.2, 0) is 16.4 Å². The van der Waals surface area contributed by atoms with Crippen molar-refractivity contribution in [1.29, 1.82) is 0 Å². The summed E-state index contributed by atoms with van der Waals surface area (Å²) in [5.74, 6) is -1.38. The third-order valence-electron chi connectivity index (χ3n) is 3.44. The highest BCUT2D eigenvalue weighted by atomic mass is 32.2. The molecule has 0 atom stereocenters. The lowest BCUT2D eigenvalue weighted by Crippen LogP contribution is -2.27. The highest BCUT2D eigenvalue weighted by molar-refractivity contribution is 7.89. The summed E-state index contributed by atoms with van der Waals surface area (Å²) in [7, 11) is -4.05. The van der Waals surface area contributed by atoms with E-state index in [9.17, 15) is 17.6 Å². The molecular formula is C18H19FN2O3S. The van der Waals surface area contributed by atoms with Gasteiger partial charge in [-0.3, -0.25) is 4.79 Å². The van der Waals surface area contributed by atoms with Crippen LogP contribution in [0.15, 0.2) is 66.1 Å². The average Bonchev–Trinajstić information content (AvgIpc) is 2.61. The van der Waals surface area contributed by atoms with Gasteiger partial charge in [0.2, 0.25) is 10.0 Å². The quantitative estimate of drug-likeness (QED) is 0.708. The molecule has 0 aromatic heterocycles. The van der Waals surface area contributed by atoms with E-state index in [0.717, 1.165) is 17.7 Å². The Hall–Kier alpha value is -2.51. The molecule has 0 bridgehead atoms. The fraction of sp³-hybridized carbons (Fsp3) is 0.167. The van der Waals surface area contributed by atoms with Crippen molar-refractivity contribution in [3.8, 4) is 0 Å². The van der Waals surface area contributed by atoms with E-state index < -0.39 is 26.6 Å². The van der Waals surface area contributed by atoms with E-state index in [-0.39, 0.29) is 12.1 Å². The minimum atomic E-state index is -4.05. The van der Waals surface area contributed by atoms with E-state index in [1.807, 2.05) is 30.3 Å². The van der Waals surface area contributed by atoms with E-state index >= 15 is 0 Å². The Balaban J connectivity index is 2.07. The number of halogens is 1. The fourth-order valence-electron chi connectivity index (χ4n) is 2.16. The number of nitrogens with one attached hydrogen (secondary N) is 2. The molecule has 0 aliphatic carbocycles. The molecule has 5 nitrogen and oxygen atoms in total. The van der Waals surface area contributed by atoms with Gasteiger partial charge >= 0.3 is 0 Å². The van der Waals surface area contributed by atoms with E-state index in [2.05, 4.69) is 16.6 Å². The van der Waals surface area contributed by atoms with Gasteiger partial charge in [0.15, 0.2) is 0 Å². The molecule has 2 rings (SSSR count). The van der Waals surface area contributed by atoms with Crippen molar-refractivity contribution in [3.63, 3.8) is 0 Å². The van der Waals surface area contributed by atoms with Crippen LogP contribution in [0.2, 0.25) is 0 Å². The molecule has 0 aliphatic rings. The van der Waals surface area contributed by atoms with Crippen LogP contribution in [0, 0.1) is 5.82 Å². The molecule has 0 fully saturated rings. The van der Waals surface area contributed by atoms with Gasteiger partial charge in [-0.25, -0.2) is 17.5 Å².